The van der Waals surface area contributed by atoms with Gasteiger partial charge in [-0.2, -0.15) is 0 Å². The minimum Gasteiger partial charge on any atom is -0.454 e. The third-order valence-electron chi connectivity index (χ3n) is 5.50. The van der Waals surface area contributed by atoms with Crippen molar-refractivity contribution in [2.75, 3.05) is 23.9 Å². The van der Waals surface area contributed by atoms with Gasteiger partial charge in [0.2, 0.25) is 28.6 Å². The van der Waals surface area contributed by atoms with Crippen LogP contribution in [0.3, 0.4) is 0 Å². The second-order valence-corrected chi connectivity index (χ2v) is 11.4. The number of carbonyl (C=O) groups excluding carboxylic acids is 2. The number of benzene rings is 2. The van der Waals surface area contributed by atoms with Crippen LogP contribution in [0.15, 0.2) is 36.4 Å². The minimum absolute atomic E-state index is 0.0163. The van der Waals surface area contributed by atoms with Gasteiger partial charge in [0.25, 0.3) is 0 Å². The lowest BCUT2D eigenvalue weighted by Gasteiger charge is -2.33. The van der Waals surface area contributed by atoms with Gasteiger partial charge in [-0.1, -0.05) is 36.2 Å². The fourth-order valence-electron chi connectivity index (χ4n) is 3.79. The summed E-state index contributed by atoms with van der Waals surface area (Å²) in [5.74, 6) is -0.0649. The number of halogens is 2. The Morgan fingerprint density at radius 1 is 1.08 bits per heavy atom. The van der Waals surface area contributed by atoms with Crippen molar-refractivity contribution in [3.05, 3.63) is 52.0 Å². The van der Waals surface area contributed by atoms with Gasteiger partial charge in [0.05, 0.1) is 11.9 Å². The van der Waals surface area contributed by atoms with E-state index in [4.69, 9.17) is 32.7 Å². The highest BCUT2D eigenvalue weighted by Crippen LogP contribution is 2.36. The fourth-order valence-corrected chi connectivity index (χ4v) is 5.10. The number of hydrogen-bond acceptors (Lipinski definition) is 6. The SMILES string of the molecule is CC[C@@H](C(=O)NC(C)C)N(Cc1ccc(Cl)cc1Cl)C(=O)CN(c1ccc2c(c1)OCO2)S(C)(=O)=O. The van der Waals surface area contributed by atoms with Crippen LogP contribution in [-0.4, -0.2) is 56.8 Å². The van der Waals surface area contributed by atoms with Crippen molar-refractivity contribution in [2.24, 2.45) is 0 Å². The van der Waals surface area contributed by atoms with Gasteiger partial charge >= 0.3 is 0 Å². The third kappa shape index (κ3) is 6.74. The molecule has 1 aliphatic rings. The summed E-state index contributed by atoms with van der Waals surface area (Å²) in [6, 6.07) is 8.46. The molecule has 12 heteroatoms. The number of rotatable bonds is 10. The van der Waals surface area contributed by atoms with Gasteiger partial charge in [0.1, 0.15) is 12.6 Å². The van der Waals surface area contributed by atoms with Crippen LogP contribution in [0.2, 0.25) is 10.0 Å². The zero-order valence-corrected chi connectivity index (χ0v) is 22.8. The highest BCUT2D eigenvalue weighted by molar-refractivity contribution is 7.92. The first-order valence-electron chi connectivity index (χ1n) is 11.3. The molecule has 0 saturated heterocycles. The van der Waals surface area contributed by atoms with Gasteiger partial charge in [0.15, 0.2) is 11.5 Å². The smallest absolute Gasteiger partial charge is 0.244 e. The average Bonchev–Trinajstić information content (AvgIpc) is 3.25. The number of amides is 2. The predicted octanol–water partition coefficient (Wildman–Crippen LogP) is 3.82. The summed E-state index contributed by atoms with van der Waals surface area (Å²) in [6.07, 6.45) is 1.31. The van der Waals surface area contributed by atoms with Crippen molar-refractivity contribution in [1.29, 1.82) is 0 Å². The minimum atomic E-state index is -3.88. The Bertz CT molecular complexity index is 1240. The van der Waals surface area contributed by atoms with E-state index in [0.717, 1.165) is 10.6 Å². The third-order valence-corrected chi connectivity index (χ3v) is 7.22. The molecule has 1 atom stereocenters. The van der Waals surface area contributed by atoms with Crippen LogP contribution in [0.1, 0.15) is 32.8 Å². The molecule has 1 heterocycles. The van der Waals surface area contributed by atoms with Crippen LogP contribution in [0, 0.1) is 0 Å². The van der Waals surface area contributed by atoms with Crippen LogP contribution < -0.4 is 19.1 Å². The summed E-state index contributed by atoms with van der Waals surface area (Å²) in [5.41, 5.74) is 0.804. The van der Waals surface area contributed by atoms with Gasteiger partial charge in [0, 0.05) is 28.7 Å². The lowest BCUT2D eigenvalue weighted by molar-refractivity contribution is -0.140. The molecule has 1 aliphatic heterocycles. The molecule has 36 heavy (non-hydrogen) atoms. The number of nitrogens with zero attached hydrogens (tertiary/aromatic N) is 2. The monoisotopic (exact) mass is 557 g/mol. The number of fused-ring (bicyclic) bond motifs is 1. The maximum atomic E-state index is 13.7. The van der Waals surface area contributed by atoms with E-state index in [1.54, 1.807) is 31.2 Å². The summed E-state index contributed by atoms with van der Waals surface area (Å²) >= 11 is 12.4. The van der Waals surface area contributed by atoms with Crippen molar-refractivity contribution in [1.82, 2.24) is 10.2 Å². The van der Waals surface area contributed by atoms with E-state index in [2.05, 4.69) is 5.32 Å². The number of ether oxygens (including phenoxy) is 2. The van der Waals surface area contributed by atoms with Crippen molar-refractivity contribution in [3.8, 4) is 11.5 Å². The molecule has 0 aromatic heterocycles. The van der Waals surface area contributed by atoms with Crippen molar-refractivity contribution in [2.45, 2.75) is 45.8 Å². The Kier molecular flexibility index (Phi) is 8.97. The summed E-state index contributed by atoms with van der Waals surface area (Å²) < 4.78 is 37.1. The first-order valence-corrected chi connectivity index (χ1v) is 13.9. The number of sulfonamides is 1. The Hall–Kier alpha value is -2.69. The van der Waals surface area contributed by atoms with E-state index in [0.29, 0.717) is 33.5 Å². The molecule has 0 fully saturated rings. The summed E-state index contributed by atoms with van der Waals surface area (Å²) in [7, 11) is -3.88. The second kappa shape index (κ2) is 11.6. The molecule has 1 N–H and O–H groups in total. The van der Waals surface area contributed by atoms with Crippen LogP contribution in [0.5, 0.6) is 11.5 Å². The molecule has 2 aromatic carbocycles. The highest BCUT2D eigenvalue weighted by Gasteiger charge is 2.32. The maximum Gasteiger partial charge on any atom is 0.244 e. The van der Waals surface area contributed by atoms with E-state index in [1.807, 2.05) is 13.8 Å². The van der Waals surface area contributed by atoms with Crippen LogP contribution in [0.4, 0.5) is 5.69 Å². The largest absolute Gasteiger partial charge is 0.454 e. The lowest BCUT2D eigenvalue weighted by Crippen LogP contribution is -2.53. The zero-order chi connectivity index (χ0) is 26.6. The average molecular weight is 558 g/mol. The van der Waals surface area contributed by atoms with E-state index in [-0.39, 0.29) is 31.0 Å². The van der Waals surface area contributed by atoms with Crippen LogP contribution >= 0.6 is 23.2 Å². The predicted molar refractivity (Wildman–Crippen MR) is 139 cm³/mol. The molecule has 2 aromatic rings. The first kappa shape index (κ1) is 27.9. The topological polar surface area (TPSA) is 105 Å². The Labute approximate surface area is 221 Å². The second-order valence-electron chi connectivity index (χ2n) is 8.65. The Balaban J connectivity index is 1.97. The molecule has 0 aliphatic carbocycles. The van der Waals surface area contributed by atoms with Gasteiger partial charge in [-0.05, 0) is 50.1 Å². The molecule has 0 spiro atoms. The molecule has 3 rings (SSSR count). The molecule has 0 bridgehead atoms. The molecule has 9 nitrogen and oxygen atoms in total. The van der Waals surface area contributed by atoms with E-state index < -0.39 is 28.5 Å². The standard InChI is InChI=1S/C24H29Cl2N3O6S/c1-5-20(24(31)27-15(2)3)28(12-16-6-7-17(25)10-19(16)26)23(30)13-29(36(4,32)33)18-8-9-21-22(11-18)35-14-34-21/h6-11,15,20H,5,12-14H2,1-4H3,(H,27,31)/t20-/m0/s1. The normalized spacial score (nSPS) is 13.4. The molecular formula is C24H29Cl2N3O6S. The molecule has 0 radical (unpaired) electrons. The molecular weight excluding hydrogens is 529 g/mol. The Morgan fingerprint density at radius 2 is 1.78 bits per heavy atom. The number of anilines is 1. The highest BCUT2D eigenvalue weighted by atomic mass is 35.5. The Morgan fingerprint density at radius 3 is 2.39 bits per heavy atom. The zero-order valence-electron chi connectivity index (χ0n) is 20.5. The summed E-state index contributed by atoms with van der Waals surface area (Å²) in [5, 5.41) is 3.59. The van der Waals surface area contributed by atoms with Crippen molar-refractivity contribution >= 4 is 50.7 Å². The molecule has 0 saturated carbocycles. The first-order chi connectivity index (χ1) is 16.9. The van der Waals surface area contributed by atoms with E-state index >= 15 is 0 Å². The lowest BCUT2D eigenvalue weighted by atomic mass is 10.1. The number of hydrogen-bond donors (Lipinski definition) is 1. The molecule has 196 valence electrons. The molecule has 0 unspecified atom stereocenters. The van der Waals surface area contributed by atoms with Crippen LogP contribution in [0.25, 0.3) is 0 Å². The maximum absolute atomic E-state index is 13.7. The van der Waals surface area contributed by atoms with E-state index in [9.17, 15) is 18.0 Å². The summed E-state index contributed by atoms with van der Waals surface area (Å²) in [6.45, 7) is 4.89. The van der Waals surface area contributed by atoms with Gasteiger partial charge in [-0.3, -0.25) is 13.9 Å². The quantitative estimate of drug-likeness (QED) is 0.476. The fraction of sp³-hybridized carbons (Fsp3) is 0.417. The van der Waals surface area contributed by atoms with Gasteiger partial charge in [-0.15, -0.1) is 0 Å². The van der Waals surface area contributed by atoms with Crippen molar-refractivity contribution in [3.63, 3.8) is 0 Å². The van der Waals surface area contributed by atoms with Gasteiger partial charge < -0.3 is 19.7 Å². The van der Waals surface area contributed by atoms with E-state index in [1.165, 1.54) is 17.0 Å². The van der Waals surface area contributed by atoms with Crippen LogP contribution in [-0.2, 0) is 26.2 Å². The van der Waals surface area contributed by atoms with Crippen molar-refractivity contribution < 1.29 is 27.5 Å². The number of nitrogens with one attached hydrogen (secondary N) is 1. The summed E-state index contributed by atoms with van der Waals surface area (Å²) in [4.78, 5) is 28.1. The number of carbonyl (C=O) groups is 2. The van der Waals surface area contributed by atoms with Gasteiger partial charge in [-0.25, -0.2) is 8.42 Å². The molecule has 2 amide bonds.